The third-order valence-corrected chi connectivity index (χ3v) is 5.14. The van der Waals surface area contributed by atoms with E-state index in [1.54, 1.807) is 0 Å². The normalized spacial score (nSPS) is 19.5. The first-order valence-corrected chi connectivity index (χ1v) is 9.45. The molecule has 0 saturated heterocycles. The van der Waals surface area contributed by atoms with Gasteiger partial charge in [0.2, 0.25) is 5.91 Å². The standard InChI is InChI=1S/C19H33N3O4/c1-4-14(13-18(25)26)10-11-20-15-8-9-16(19(15,2)3)21-22-17(24)7-5-6-12-23/h8,12,14,16,20-21H,4-7,9-11,13H2,1-3H3,(H,22,24)(H,25,26). The van der Waals surface area contributed by atoms with Crippen molar-refractivity contribution in [1.29, 1.82) is 0 Å². The van der Waals surface area contributed by atoms with Gasteiger partial charge < -0.3 is 15.2 Å². The number of carboxylic acids is 1. The summed E-state index contributed by atoms with van der Waals surface area (Å²) in [6.45, 7) is 6.99. The van der Waals surface area contributed by atoms with Crippen LogP contribution >= 0.6 is 0 Å². The molecule has 2 atom stereocenters. The summed E-state index contributed by atoms with van der Waals surface area (Å²) in [5.41, 5.74) is 6.80. The first-order valence-electron chi connectivity index (χ1n) is 9.45. The summed E-state index contributed by atoms with van der Waals surface area (Å²) < 4.78 is 0. The van der Waals surface area contributed by atoms with Crippen LogP contribution in [0, 0.1) is 11.3 Å². The van der Waals surface area contributed by atoms with Crippen LogP contribution in [-0.2, 0) is 14.4 Å². The van der Waals surface area contributed by atoms with Gasteiger partial charge in [-0.3, -0.25) is 15.0 Å². The minimum atomic E-state index is -0.745. The summed E-state index contributed by atoms with van der Waals surface area (Å²) in [5.74, 6) is -0.668. The van der Waals surface area contributed by atoms with Crippen molar-refractivity contribution in [1.82, 2.24) is 16.2 Å². The zero-order valence-corrected chi connectivity index (χ0v) is 16.1. The molecule has 26 heavy (non-hydrogen) atoms. The molecule has 1 rings (SSSR count). The number of rotatable bonds is 13. The molecule has 1 aliphatic rings. The van der Waals surface area contributed by atoms with Gasteiger partial charge in [0.15, 0.2) is 0 Å². The van der Waals surface area contributed by atoms with E-state index in [0.717, 1.165) is 37.8 Å². The lowest BCUT2D eigenvalue weighted by Crippen LogP contribution is -2.50. The Kier molecular flexibility index (Phi) is 9.34. The fraction of sp³-hybridized carbons (Fsp3) is 0.737. The number of unbranched alkanes of at least 4 members (excludes halogenated alkanes) is 1. The van der Waals surface area contributed by atoms with E-state index in [1.165, 1.54) is 0 Å². The van der Waals surface area contributed by atoms with E-state index >= 15 is 0 Å². The topological polar surface area (TPSA) is 108 Å². The largest absolute Gasteiger partial charge is 0.481 e. The molecule has 0 spiro atoms. The van der Waals surface area contributed by atoms with Crippen molar-refractivity contribution in [2.75, 3.05) is 6.54 Å². The molecule has 7 nitrogen and oxygen atoms in total. The summed E-state index contributed by atoms with van der Waals surface area (Å²) in [6.07, 6.45) is 6.94. The SMILES string of the molecule is CCC(CCNC1=CCC(NNC(=O)CCCC=O)C1(C)C)CC(=O)O. The second kappa shape index (κ2) is 11.0. The lowest BCUT2D eigenvalue weighted by Gasteiger charge is -2.32. The van der Waals surface area contributed by atoms with Crippen molar-refractivity contribution in [3.63, 3.8) is 0 Å². The van der Waals surface area contributed by atoms with Crippen LogP contribution in [0.4, 0.5) is 0 Å². The maximum atomic E-state index is 11.8. The molecule has 0 aromatic carbocycles. The molecule has 0 aromatic rings. The summed E-state index contributed by atoms with van der Waals surface area (Å²) in [7, 11) is 0. The van der Waals surface area contributed by atoms with Crippen LogP contribution in [0.2, 0.25) is 0 Å². The Morgan fingerprint density at radius 3 is 2.77 bits per heavy atom. The molecule has 0 aliphatic heterocycles. The number of amides is 1. The third kappa shape index (κ3) is 7.15. The second-order valence-corrected chi connectivity index (χ2v) is 7.47. The van der Waals surface area contributed by atoms with Crippen LogP contribution in [0.15, 0.2) is 11.8 Å². The van der Waals surface area contributed by atoms with Gasteiger partial charge in [0, 0.05) is 43.0 Å². The van der Waals surface area contributed by atoms with E-state index in [9.17, 15) is 14.4 Å². The number of hydrogen-bond donors (Lipinski definition) is 4. The summed E-state index contributed by atoms with van der Waals surface area (Å²) in [4.78, 5) is 32.9. The predicted molar refractivity (Wildman–Crippen MR) is 100 cm³/mol. The van der Waals surface area contributed by atoms with Crippen molar-refractivity contribution < 1.29 is 19.5 Å². The Hall–Kier alpha value is -1.89. The van der Waals surface area contributed by atoms with Gasteiger partial charge in [-0.2, -0.15) is 0 Å². The Labute approximate surface area is 156 Å². The fourth-order valence-corrected chi connectivity index (χ4v) is 3.20. The van der Waals surface area contributed by atoms with Crippen LogP contribution < -0.4 is 16.2 Å². The van der Waals surface area contributed by atoms with Gasteiger partial charge in [0.1, 0.15) is 6.29 Å². The number of aldehydes is 1. The monoisotopic (exact) mass is 367 g/mol. The van der Waals surface area contributed by atoms with Crippen LogP contribution in [-0.4, -0.2) is 35.9 Å². The molecule has 7 heteroatoms. The average molecular weight is 367 g/mol. The zero-order valence-electron chi connectivity index (χ0n) is 16.1. The molecule has 0 bridgehead atoms. The molecule has 0 radical (unpaired) electrons. The van der Waals surface area contributed by atoms with Crippen molar-refractivity contribution in [2.24, 2.45) is 11.3 Å². The Morgan fingerprint density at radius 1 is 1.42 bits per heavy atom. The van der Waals surface area contributed by atoms with Gasteiger partial charge in [-0.15, -0.1) is 0 Å². The lowest BCUT2D eigenvalue weighted by molar-refractivity contribution is -0.138. The fourth-order valence-electron chi connectivity index (χ4n) is 3.20. The first kappa shape index (κ1) is 22.2. The molecule has 1 amide bonds. The van der Waals surface area contributed by atoms with Crippen molar-refractivity contribution in [3.8, 4) is 0 Å². The Bertz CT molecular complexity index is 517. The number of carbonyl (C=O) groups excluding carboxylic acids is 2. The highest BCUT2D eigenvalue weighted by Crippen LogP contribution is 2.36. The minimum Gasteiger partial charge on any atom is -0.481 e. The Balaban J connectivity index is 2.38. The molecule has 0 aromatic heterocycles. The maximum Gasteiger partial charge on any atom is 0.303 e. The van der Waals surface area contributed by atoms with E-state index in [0.29, 0.717) is 19.3 Å². The highest BCUT2D eigenvalue weighted by Gasteiger charge is 2.37. The average Bonchev–Trinajstić information content (AvgIpc) is 2.86. The van der Waals surface area contributed by atoms with Crippen molar-refractivity contribution in [3.05, 3.63) is 11.8 Å². The molecule has 2 unspecified atom stereocenters. The van der Waals surface area contributed by atoms with Gasteiger partial charge in [-0.05, 0) is 25.2 Å². The molecular formula is C19H33N3O4. The number of aliphatic carboxylic acids is 1. The van der Waals surface area contributed by atoms with Crippen LogP contribution in [0.5, 0.6) is 0 Å². The number of hydrazine groups is 1. The van der Waals surface area contributed by atoms with Gasteiger partial charge in [-0.25, -0.2) is 5.43 Å². The van der Waals surface area contributed by atoms with Gasteiger partial charge in [0.25, 0.3) is 0 Å². The predicted octanol–water partition coefficient (Wildman–Crippen LogP) is 2.14. The summed E-state index contributed by atoms with van der Waals surface area (Å²) in [5, 5.41) is 12.4. The van der Waals surface area contributed by atoms with E-state index in [4.69, 9.17) is 5.11 Å². The number of carboxylic acid groups (broad SMARTS) is 1. The van der Waals surface area contributed by atoms with E-state index in [2.05, 4.69) is 36.1 Å². The third-order valence-electron chi connectivity index (χ3n) is 5.14. The molecular weight excluding hydrogens is 334 g/mol. The van der Waals surface area contributed by atoms with Crippen molar-refractivity contribution in [2.45, 2.75) is 71.8 Å². The summed E-state index contributed by atoms with van der Waals surface area (Å²) in [6, 6.07) is 0.0843. The van der Waals surface area contributed by atoms with Gasteiger partial charge in [-0.1, -0.05) is 33.3 Å². The van der Waals surface area contributed by atoms with Gasteiger partial charge >= 0.3 is 5.97 Å². The second-order valence-electron chi connectivity index (χ2n) is 7.47. The first-order chi connectivity index (χ1) is 12.3. The number of carbonyl (C=O) groups is 3. The maximum absolute atomic E-state index is 11.8. The molecule has 1 aliphatic carbocycles. The molecule has 0 fully saturated rings. The minimum absolute atomic E-state index is 0.0843. The van der Waals surface area contributed by atoms with Gasteiger partial charge in [0.05, 0.1) is 0 Å². The van der Waals surface area contributed by atoms with E-state index in [-0.39, 0.29) is 29.7 Å². The Morgan fingerprint density at radius 2 is 2.15 bits per heavy atom. The molecule has 0 heterocycles. The number of nitrogens with one attached hydrogen (secondary N) is 3. The smallest absolute Gasteiger partial charge is 0.303 e. The van der Waals surface area contributed by atoms with Crippen LogP contribution in [0.1, 0.15) is 65.7 Å². The van der Waals surface area contributed by atoms with Crippen LogP contribution in [0.3, 0.4) is 0 Å². The quantitative estimate of drug-likeness (QED) is 0.226. The molecule has 0 saturated carbocycles. The van der Waals surface area contributed by atoms with Crippen LogP contribution in [0.25, 0.3) is 0 Å². The zero-order chi connectivity index (χ0) is 19.6. The molecule has 4 N–H and O–H groups in total. The van der Waals surface area contributed by atoms with E-state index < -0.39 is 5.97 Å². The van der Waals surface area contributed by atoms with Crippen molar-refractivity contribution >= 4 is 18.2 Å². The molecule has 148 valence electrons. The summed E-state index contributed by atoms with van der Waals surface area (Å²) >= 11 is 0. The lowest BCUT2D eigenvalue weighted by atomic mass is 9.85. The highest BCUT2D eigenvalue weighted by molar-refractivity contribution is 5.75. The highest BCUT2D eigenvalue weighted by atomic mass is 16.4. The van der Waals surface area contributed by atoms with E-state index in [1.807, 2.05) is 6.92 Å². The number of hydrogen-bond acceptors (Lipinski definition) is 5.